The molecular formula is C18H16N2S. The molecule has 2 nitrogen and oxygen atoms in total. The van der Waals surface area contributed by atoms with E-state index in [0.29, 0.717) is 0 Å². The van der Waals surface area contributed by atoms with Crippen LogP contribution in [0.25, 0.3) is 10.8 Å². The zero-order chi connectivity index (χ0) is 14.1. The van der Waals surface area contributed by atoms with Crippen LogP contribution < -0.4 is 0 Å². The van der Waals surface area contributed by atoms with Gasteiger partial charge in [0.05, 0.1) is 5.69 Å². The van der Waals surface area contributed by atoms with Crippen LogP contribution in [-0.4, -0.2) is 11.2 Å². The number of aliphatic imine (C=N–C) groups is 1. The van der Waals surface area contributed by atoms with Crippen molar-refractivity contribution in [3.8, 4) is 0 Å². The van der Waals surface area contributed by atoms with E-state index in [1.165, 1.54) is 40.6 Å². The first-order chi connectivity index (χ1) is 10.4. The minimum Gasteiger partial charge on any atom is -0.227 e. The van der Waals surface area contributed by atoms with Crippen LogP contribution >= 0.6 is 11.3 Å². The zero-order valence-electron chi connectivity index (χ0n) is 11.7. The van der Waals surface area contributed by atoms with Gasteiger partial charge in [-0.25, -0.2) is 9.98 Å². The van der Waals surface area contributed by atoms with E-state index in [2.05, 4.69) is 52.4 Å². The molecule has 1 heterocycles. The summed E-state index contributed by atoms with van der Waals surface area (Å²) in [5.74, 6) is 0. The van der Waals surface area contributed by atoms with Crippen LogP contribution in [0, 0.1) is 0 Å². The fourth-order valence-electron chi connectivity index (χ4n) is 2.88. The van der Waals surface area contributed by atoms with Crippen molar-refractivity contribution < 1.29 is 0 Å². The molecule has 0 N–H and O–H groups in total. The van der Waals surface area contributed by atoms with Crippen LogP contribution in [0.1, 0.15) is 29.0 Å². The molecule has 0 saturated heterocycles. The number of hydrogen-bond acceptors (Lipinski definition) is 3. The molecule has 1 aromatic heterocycles. The molecule has 2 aromatic carbocycles. The van der Waals surface area contributed by atoms with Gasteiger partial charge in [0.2, 0.25) is 5.13 Å². The second-order valence-corrected chi connectivity index (χ2v) is 6.46. The van der Waals surface area contributed by atoms with Gasteiger partial charge in [-0.15, -0.1) is 0 Å². The van der Waals surface area contributed by atoms with E-state index in [1.807, 2.05) is 6.21 Å². The lowest BCUT2D eigenvalue weighted by Crippen LogP contribution is -1.98. The van der Waals surface area contributed by atoms with E-state index in [9.17, 15) is 0 Å². The van der Waals surface area contributed by atoms with Gasteiger partial charge in [-0.3, -0.25) is 0 Å². The lowest BCUT2D eigenvalue weighted by molar-refractivity contribution is 0.682. The van der Waals surface area contributed by atoms with Crippen molar-refractivity contribution in [2.75, 3.05) is 0 Å². The monoisotopic (exact) mass is 292 g/mol. The molecule has 0 spiro atoms. The maximum atomic E-state index is 4.67. The smallest absolute Gasteiger partial charge is 0.209 e. The molecule has 1 aliphatic rings. The number of benzene rings is 2. The van der Waals surface area contributed by atoms with Crippen molar-refractivity contribution in [3.63, 3.8) is 0 Å². The van der Waals surface area contributed by atoms with E-state index >= 15 is 0 Å². The molecule has 4 rings (SSSR count). The molecule has 0 amide bonds. The summed E-state index contributed by atoms with van der Waals surface area (Å²) in [5.41, 5.74) is 2.43. The fraction of sp³-hybridized carbons (Fsp3) is 0.222. The molecule has 0 saturated carbocycles. The summed E-state index contributed by atoms with van der Waals surface area (Å²) in [6.07, 6.45) is 6.81. The van der Waals surface area contributed by atoms with Crippen molar-refractivity contribution in [2.24, 2.45) is 4.99 Å². The number of aromatic nitrogens is 1. The van der Waals surface area contributed by atoms with Gasteiger partial charge in [0.25, 0.3) is 0 Å². The highest BCUT2D eigenvalue weighted by atomic mass is 32.1. The Morgan fingerprint density at radius 3 is 2.81 bits per heavy atom. The van der Waals surface area contributed by atoms with Crippen LogP contribution in [0.15, 0.2) is 47.5 Å². The van der Waals surface area contributed by atoms with Crippen molar-refractivity contribution in [2.45, 2.75) is 25.7 Å². The lowest BCUT2D eigenvalue weighted by Gasteiger charge is -2.06. The minimum absolute atomic E-state index is 0.898. The molecule has 3 aromatic rings. The van der Waals surface area contributed by atoms with Crippen molar-refractivity contribution >= 4 is 33.5 Å². The SMILES string of the molecule is C(=N\c1nc2c(s1)CCCC2)/c1cccc2ccccc12. The molecule has 0 atom stereocenters. The molecule has 3 heteroatoms. The number of thiazole rings is 1. The average molecular weight is 292 g/mol. The van der Waals surface area contributed by atoms with Crippen molar-refractivity contribution in [1.29, 1.82) is 0 Å². The molecule has 0 aliphatic heterocycles. The van der Waals surface area contributed by atoms with Gasteiger partial charge in [0.1, 0.15) is 0 Å². The molecule has 1 aliphatic carbocycles. The molecule has 21 heavy (non-hydrogen) atoms. The van der Waals surface area contributed by atoms with E-state index in [4.69, 9.17) is 0 Å². The van der Waals surface area contributed by atoms with Crippen LogP contribution in [-0.2, 0) is 12.8 Å². The van der Waals surface area contributed by atoms with Crippen LogP contribution in [0.3, 0.4) is 0 Å². The largest absolute Gasteiger partial charge is 0.227 e. The Labute approximate surface area is 128 Å². The highest BCUT2D eigenvalue weighted by Gasteiger charge is 2.14. The fourth-order valence-corrected chi connectivity index (χ4v) is 3.87. The first-order valence-electron chi connectivity index (χ1n) is 7.40. The predicted molar refractivity (Wildman–Crippen MR) is 90.0 cm³/mol. The highest BCUT2D eigenvalue weighted by Crippen LogP contribution is 2.31. The predicted octanol–water partition coefficient (Wildman–Crippen LogP) is 4.93. The van der Waals surface area contributed by atoms with E-state index < -0.39 is 0 Å². The topological polar surface area (TPSA) is 25.2 Å². The van der Waals surface area contributed by atoms with E-state index in [1.54, 1.807) is 11.3 Å². The van der Waals surface area contributed by atoms with Crippen LogP contribution in [0.4, 0.5) is 5.13 Å². The summed E-state index contributed by atoms with van der Waals surface area (Å²) in [5, 5.41) is 3.39. The van der Waals surface area contributed by atoms with Crippen molar-refractivity contribution in [3.05, 3.63) is 58.6 Å². The Hall–Kier alpha value is -2.00. The Bertz CT molecular complexity index is 788. The zero-order valence-corrected chi connectivity index (χ0v) is 12.6. The second kappa shape index (κ2) is 5.41. The average Bonchev–Trinajstić information content (AvgIpc) is 2.96. The first kappa shape index (κ1) is 12.7. The number of hydrogen-bond donors (Lipinski definition) is 0. The summed E-state index contributed by atoms with van der Waals surface area (Å²) in [4.78, 5) is 10.7. The third-order valence-corrected chi connectivity index (χ3v) is 5.04. The maximum Gasteiger partial charge on any atom is 0.209 e. The summed E-state index contributed by atoms with van der Waals surface area (Å²) < 4.78 is 0. The molecule has 0 bridgehead atoms. The lowest BCUT2D eigenvalue weighted by atomic mass is 10.0. The second-order valence-electron chi connectivity index (χ2n) is 5.40. The van der Waals surface area contributed by atoms with Gasteiger partial charge in [-0.2, -0.15) is 0 Å². The maximum absolute atomic E-state index is 4.67. The number of nitrogens with zero attached hydrogens (tertiary/aromatic N) is 2. The number of fused-ring (bicyclic) bond motifs is 2. The number of aryl methyl sites for hydroxylation is 2. The van der Waals surface area contributed by atoms with E-state index in [0.717, 1.165) is 17.1 Å². The molecule has 0 radical (unpaired) electrons. The Balaban J connectivity index is 1.69. The Morgan fingerprint density at radius 1 is 1.00 bits per heavy atom. The number of rotatable bonds is 2. The standard InChI is InChI=1S/C18H16N2S/c1-2-9-15-13(6-1)7-5-8-14(15)12-19-18-20-16-10-3-4-11-17(16)21-18/h1-2,5-9,12H,3-4,10-11H2/b19-12+. The van der Waals surface area contributed by atoms with Crippen LogP contribution in [0.5, 0.6) is 0 Å². The highest BCUT2D eigenvalue weighted by molar-refractivity contribution is 7.15. The molecule has 0 fully saturated rings. The van der Waals surface area contributed by atoms with Crippen LogP contribution in [0.2, 0.25) is 0 Å². The van der Waals surface area contributed by atoms with Gasteiger partial charge in [0.15, 0.2) is 0 Å². The van der Waals surface area contributed by atoms with Crippen molar-refractivity contribution in [1.82, 2.24) is 4.98 Å². The van der Waals surface area contributed by atoms with Gasteiger partial charge < -0.3 is 0 Å². The Kier molecular flexibility index (Phi) is 3.28. The molecule has 104 valence electrons. The normalized spacial score (nSPS) is 14.7. The molecular weight excluding hydrogens is 276 g/mol. The van der Waals surface area contributed by atoms with Gasteiger partial charge in [-0.1, -0.05) is 53.8 Å². The summed E-state index contributed by atoms with van der Waals surface area (Å²) in [6.45, 7) is 0. The summed E-state index contributed by atoms with van der Waals surface area (Å²) in [7, 11) is 0. The quantitative estimate of drug-likeness (QED) is 0.615. The Morgan fingerprint density at radius 2 is 1.86 bits per heavy atom. The third kappa shape index (κ3) is 2.49. The minimum atomic E-state index is 0.898. The molecule has 0 unspecified atom stereocenters. The van der Waals surface area contributed by atoms with Gasteiger partial charge in [0, 0.05) is 16.7 Å². The van der Waals surface area contributed by atoms with Gasteiger partial charge in [-0.05, 0) is 36.5 Å². The first-order valence-corrected chi connectivity index (χ1v) is 8.22. The van der Waals surface area contributed by atoms with Gasteiger partial charge >= 0.3 is 0 Å². The van der Waals surface area contributed by atoms with E-state index in [-0.39, 0.29) is 0 Å². The summed E-state index contributed by atoms with van der Waals surface area (Å²) in [6, 6.07) is 14.7. The summed E-state index contributed by atoms with van der Waals surface area (Å²) >= 11 is 1.75. The third-order valence-electron chi connectivity index (χ3n) is 3.97.